The van der Waals surface area contributed by atoms with Crippen LogP contribution in [0.25, 0.3) is 0 Å². The molecular weight excluding hydrogens is 358 g/mol. The molecule has 3 rings (SSSR count). The predicted octanol–water partition coefficient (Wildman–Crippen LogP) is 1.29. The summed E-state index contributed by atoms with van der Waals surface area (Å²) in [5.74, 6) is -0.892. The molecule has 1 atom stereocenters. The predicted molar refractivity (Wildman–Crippen MR) is 103 cm³/mol. The summed E-state index contributed by atoms with van der Waals surface area (Å²) in [6, 6.07) is 15.7. The van der Waals surface area contributed by atoms with E-state index in [0.717, 1.165) is 5.56 Å². The van der Waals surface area contributed by atoms with Gasteiger partial charge in [0.15, 0.2) is 0 Å². The zero-order chi connectivity index (χ0) is 19.9. The van der Waals surface area contributed by atoms with Gasteiger partial charge in [0.05, 0.1) is 5.92 Å². The first-order valence-corrected chi connectivity index (χ1v) is 9.19. The number of carbonyl (C=O) groups is 3. The minimum atomic E-state index is -0.377. The molecule has 146 valence electrons. The molecule has 0 aliphatic carbocycles. The van der Waals surface area contributed by atoms with Gasteiger partial charge in [-0.25, -0.2) is 0 Å². The van der Waals surface area contributed by atoms with Crippen LogP contribution >= 0.6 is 0 Å². The highest BCUT2D eigenvalue weighted by molar-refractivity contribution is 5.94. The third-order valence-corrected chi connectivity index (χ3v) is 4.62. The van der Waals surface area contributed by atoms with Crippen molar-refractivity contribution in [1.29, 1.82) is 0 Å². The molecule has 3 amide bonds. The van der Waals surface area contributed by atoms with Gasteiger partial charge < -0.3 is 20.6 Å². The van der Waals surface area contributed by atoms with Gasteiger partial charge in [0, 0.05) is 38.2 Å². The Labute approximate surface area is 163 Å². The molecule has 1 aliphatic heterocycles. The van der Waals surface area contributed by atoms with E-state index in [0.29, 0.717) is 18.7 Å². The van der Waals surface area contributed by atoms with Crippen molar-refractivity contribution >= 4 is 17.7 Å². The van der Waals surface area contributed by atoms with Crippen molar-refractivity contribution < 1.29 is 19.5 Å². The van der Waals surface area contributed by atoms with E-state index in [9.17, 15) is 19.5 Å². The van der Waals surface area contributed by atoms with Crippen molar-refractivity contribution in [2.24, 2.45) is 5.92 Å². The number of hydrogen-bond acceptors (Lipinski definition) is 4. The highest BCUT2D eigenvalue weighted by atomic mass is 16.3. The van der Waals surface area contributed by atoms with Crippen LogP contribution in [0.2, 0.25) is 0 Å². The quantitative estimate of drug-likeness (QED) is 0.630. The molecule has 0 saturated carbocycles. The summed E-state index contributed by atoms with van der Waals surface area (Å²) in [5.41, 5.74) is 1.39. The lowest BCUT2D eigenvalue weighted by Crippen LogP contribution is -2.38. The topological polar surface area (TPSA) is 98.7 Å². The van der Waals surface area contributed by atoms with Crippen molar-refractivity contribution in [3.05, 3.63) is 65.7 Å². The van der Waals surface area contributed by atoms with E-state index in [4.69, 9.17) is 0 Å². The first-order valence-electron chi connectivity index (χ1n) is 9.19. The molecule has 7 heteroatoms. The summed E-state index contributed by atoms with van der Waals surface area (Å²) in [7, 11) is 0. The van der Waals surface area contributed by atoms with Crippen molar-refractivity contribution in [3.8, 4) is 5.75 Å². The average Bonchev–Trinajstić information content (AvgIpc) is 3.06. The monoisotopic (exact) mass is 381 g/mol. The largest absolute Gasteiger partial charge is 0.508 e. The average molecular weight is 381 g/mol. The number of nitrogens with one attached hydrogen (secondary N) is 2. The fourth-order valence-electron chi connectivity index (χ4n) is 3.16. The highest BCUT2D eigenvalue weighted by Crippen LogP contribution is 2.20. The first-order chi connectivity index (χ1) is 13.5. The number of rotatable bonds is 7. The summed E-state index contributed by atoms with van der Waals surface area (Å²) in [4.78, 5) is 38.1. The Hall–Kier alpha value is -3.35. The fraction of sp³-hybridized carbons (Fsp3) is 0.286. The molecule has 2 aromatic carbocycles. The van der Waals surface area contributed by atoms with E-state index in [1.54, 1.807) is 17.0 Å². The molecule has 7 nitrogen and oxygen atoms in total. The van der Waals surface area contributed by atoms with Crippen LogP contribution in [0, 0.1) is 5.92 Å². The van der Waals surface area contributed by atoms with E-state index >= 15 is 0 Å². The third-order valence-electron chi connectivity index (χ3n) is 4.62. The summed E-state index contributed by atoms with van der Waals surface area (Å²) < 4.78 is 0. The van der Waals surface area contributed by atoms with E-state index in [-0.39, 0.29) is 48.9 Å². The molecule has 0 radical (unpaired) electrons. The second-order valence-electron chi connectivity index (χ2n) is 6.76. The normalized spacial score (nSPS) is 16.1. The number of benzene rings is 2. The lowest BCUT2D eigenvalue weighted by atomic mass is 10.1. The molecule has 28 heavy (non-hydrogen) atoms. The number of aromatic hydroxyl groups is 1. The number of carbonyl (C=O) groups excluding carboxylic acids is 3. The van der Waals surface area contributed by atoms with E-state index < -0.39 is 0 Å². The van der Waals surface area contributed by atoms with Gasteiger partial charge >= 0.3 is 0 Å². The molecule has 0 aromatic heterocycles. The van der Waals surface area contributed by atoms with Gasteiger partial charge in [-0.1, -0.05) is 36.4 Å². The third kappa shape index (κ3) is 5.09. The fourth-order valence-corrected chi connectivity index (χ4v) is 3.16. The SMILES string of the molecule is O=C(NCCNC(=O)C1CC(=O)N(Cc2ccccc2)C1)c1cccc(O)c1. The molecule has 2 aromatic rings. The number of nitrogens with zero attached hydrogens (tertiary/aromatic N) is 1. The van der Waals surface area contributed by atoms with Crippen LogP contribution in [0.4, 0.5) is 0 Å². The van der Waals surface area contributed by atoms with Crippen molar-refractivity contribution in [2.45, 2.75) is 13.0 Å². The molecular formula is C21H23N3O4. The van der Waals surface area contributed by atoms with Crippen LogP contribution < -0.4 is 10.6 Å². The Morgan fingerprint density at radius 3 is 2.54 bits per heavy atom. The molecule has 0 spiro atoms. The summed E-state index contributed by atoms with van der Waals surface area (Å²) in [6.07, 6.45) is 0.203. The molecule has 1 heterocycles. The van der Waals surface area contributed by atoms with Gasteiger partial charge in [0.2, 0.25) is 11.8 Å². The number of hydrogen-bond donors (Lipinski definition) is 3. The minimum Gasteiger partial charge on any atom is -0.508 e. The lowest BCUT2D eigenvalue weighted by molar-refractivity contribution is -0.129. The van der Waals surface area contributed by atoms with Gasteiger partial charge in [-0.3, -0.25) is 14.4 Å². The number of likely N-dealkylation sites (tertiary alicyclic amines) is 1. The van der Waals surface area contributed by atoms with Crippen LogP contribution in [0.1, 0.15) is 22.3 Å². The van der Waals surface area contributed by atoms with Crippen LogP contribution in [-0.4, -0.2) is 47.4 Å². The summed E-state index contributed by atoms with van der Waals surface area (Å²) >= 11 is 0. The summed E-state index contributed by atoms with van der Waals surface area (Å²) in [6.45, 7) is 1.43. The molecule has 3 N–H and O–H groups in total. The van der Waals surface area contributed by atoms with Gasteiger partial charge in [-0.05, 0) is 23.8 Å². The molecule has 0 bridgehead atoms. The molecule has 1 fully saturated rings. The Bertz CT molecular complexity index is 854. The van der Waals surface area contributed by atoms with E-state index in [1.165, 1.54) is 12.1 Å². The van der Waals surface area contributed by atoms with Crippen LogP contribution in [0.3, 0.4) is 0 Å². The number of phenolic OH excluding ortho intramolecular Hbond substituents is 1. The zero-order valence-corrected chi connectivity index (χ0v) is 15.4. The van der Waals surface area contributed by atoms with Gasteiger partial charge in [-0.15, -0.1) is 0 Å². The smallest absolute Gasteiger partial charge is 0.251 e. The van der Waals surface area contributed by atoms with Crippen molar-refractivity contribution in [1.82, 2.24) is 15.5 Å². The second-order valence-corrected chi connectivity index (χ2v) is 6.76. The molecule has 1 unspecified atom stereocenters. The minimum absolute atomic E-state index is 0.0203. The lowest BCUT2D eigenvalue weighted by Gasteiger charge is -2.16. The Kier molecular flexibility index (Phi) is 6.26. The van der Waals surface area contributed by atoms with Crippen LogP contribution in [0.15, 0.2) is 54.6 Å². The maximum Gasteiger partial charge on any atom is 0.251 e. The van der Waals surface area contributed by atoms with Crippen molar-refractivity contribution in [3.63, 3.8) is 0 Å². The highest BCUT2D eigenvalue weighted by Gasteiger charge is 2.33. The van der Waals surface area contributed by atoms with Gasteiger partial charge in [0.1, 0.15) is 5.75 Å². The van der Waals surface area contributed by atoms with E-state index in [2.05, 4.69) is 10.6 Å². The Balaban J connectivity index is 1.40. The number of phenols is 1. The van der Waals surface area contributed by atoms with Gasteiger partial charge in [-0.2, -0.15) is 0 Å². The first kappa shape index (κ1) is 19.4. The second kappa shape index (κ2) is 9.03. The Morgan fingerprint density at radius 2 is 1.79 bits per heavy atom. The van der Waals surface area contributed by atoms with E-state index in [1.807, 2.05) is 30.3 Å². The van der Waals surface area contributed by atoms with Crippen molar-refractivity contribution in [2.75, 3.05) is 19.6 Å². The summed E-state index contributed by atoms with van der Waals surface area (Å²) in [5, 5.41) is 14.8. The van der Waals surface area contributed by atoms with Crippen LogP contribution in [0.5, 0.6) is 5.75 Å². The molecule has 1 aliphatic rings. The van der Waals surface area contributed by atoms with Gasteiger partial charge in [0.25, 0.3) is 5.91 Å². The van der Waals surface area contributed by atoms with Crippen LogP contribution in [-0.2, 0) is 16.1 Å². The molecule has 1 saturated heterocycles. The maximum atomic E-state index is 12.3. The Morgan fingerprint density at radius 1 is 1.04 bits per heavy atom. The number of amides is 3. The maximum absolute atomic E-state index is 12.3. The zero-order valence-electron chi connectivity index (χ0n) is 15.4. The standard InChI is InChI=1S/C21H23N3O4/c25-18-8-4-7-16(11-18)20(27)22-9-10-23-21(28)17-12-19(26)24(14-17)13-15-5-2-1-3-6-15/h1-8,11,17,25H,9-10,12-14H2,(H,22,27)(H,23,28).